The molecule has 0 aliphatic rings. The van der Waals surface area contributed by atoms with Gasteiger partial charge in [-0.3, -0.25) is 4.79 Å². The van der Waals surface area contributed by atoms with Crippen LogP contribution >= 0.6 is 24.0 Å². The van der Waals surface area contributed by atoms with Crippen molar-refractivity contribution in [2.24, 2.45) is 4.99 Å². The minimum Gasteiger partial charge on any atom is -0.357 e. The van der Waals surface area contributed by atoms with Gasteiger partial charge < -0.3 is 16.0 Å². The van der Waals surface area contributed by atoms with Crippen molar-refractivity contribution in [3.05, 3.63) is 35.4 Å². The molecule has 5 nitrogen and oxygen atoms in total. The van der Waals surface area contributed by atoms with Crippen molar-refractivity contribution in [3.8, 4) is 0 Å². The molecule has 0 saturated heterocycles. The summed E-state index contributed by atoms with van der Waals surface area (Å²) in [6.07, 6.45) is 2.09. The molecule has 0 fully saturated rings. The van der Waals surface area contributed by atoms with Crippen LogP contribution < -0.4 is 16.0 Å². The molecular weight excluding hydrogens is 403 g/mol. The summed E-state index contributed by atoms with van der Waals surface area (Å²) < 4.78 is 0. The van der Waals surface area contributed by atoms with Crippen LogP contribution in [0.2, 0.25) is 0 Å². The zero-order valence-electron chi connectivity index (χ0n) is 14.3. The highest BCUT2D eigenvalue weighted by atomic mass is 127. The first-order chi connectivity index (χ1) is 10.7. The maximum Gasteiger partial charge on any atom is 0.251 e. The molecule has 1 amide bonds. The van der Waals surface area contributed by atoms with E-state index in [1.807, 2.05) is 38.1 Å². The fourth-order valence-corrected chi connectivity index (χ4v) is 1.92. The normalized spacial score (nSPS) is 9.52. The van der Waals surface area contributed by atoms with Crippen LogP contribution in [0.5, 0.6) is 0 Å². The third-order valence-electron chi connectivity index (χ3n) is 3.14. The summed E-state index contributed by atoms with van der Waals surface area (Å²) in [7, 11) is 0. The van der Waals surface area contributed by atoms with Gasteiger partial charge in [-0.15, -0.1) is 24.0 Å². The van der Waals surface area contributed by atoms with Crippen molar-refractivity contribution in [1.29, 1.82) is 0 Å². The first kappa shape index (κ1) is 21.7. The third-order valence-corrected chi connectivity index (χ3v) is 3.14. The first-order valence-corrected chi connectivity index (χ1v) is 8.10. The highest BCUT2D eigenvalue weighted by molar-refractivity contribution is 14.0. The standard InChI is InChI=1S/C17H28N4O.HI/c1-4-7-12-20-16(22)15-10-8-14(9-11-15)13-21-17(18-5-2)19-6-3;/h8-11H,4-7,12-13H2,1-3H3,(H,20,22)(H2,18,19,21);1H. The number of nitrogens with zero attached hydrogens (tertiary/aromatic N) is 1. The minimum atomic E-state index is -0.00973. The fourth-order valence-electron chi connectivity index (χ4n) is 1.92. The largest absolute Gasteiger partial charge is 0.357 e. The Morgan fingerprint density at radius 2 is 1.61 bits per heavy atom. The van der Waals surface area contributed by atoms with Crippen LogP contribution in [0.4, 0.5) is 0 Å². The Kier molecular flexibility index (Phi) is 12.4. The molecule has 0 radical (unpaired) electrons. The second-order valence-electron chi connectivity index (χ2n) is 5.03. The number of carbonyl (C=O) groups excluding carboxylic acids is 1. The summed E-state index contributed by atoms with van der Waals surface area (Å²) in [6.45, 7) is 9.18. The Morgan fingerprint density at radius 3 is 2.13 bits per heavy atom. The maximum atomic E-state index is 11.9. The van der Waals surface area contributed by atoms with Crippen LogP contribution in [0.3, 0.4) is 0 Å². The van der Waals surface area contributed by atoms with Crippen molar-refractivity contribution in [1.82, 2.24) is 16.0 Å². The highest BCUT2D eigenvalue weighted by Gasteiger charge is 2.04. The number of hydrogen-bond acceptors (Lipinski definition) is 2. The number of carbonyl (C=O) groups is 1. The lowest BCUT2D eigenvalue weighted by atomic mass is 10.1. The maximum absolute atomic E-state index is 11.9. The number of unbranched alkanes of at least 4 members (excludes halogenated alkanes) is 1. The van der Waals surface area contributed by atoms with E-state index in [-0.39, 0.29) is 29.9 Å². The molecule has 0 saturated carbocycles. The van der Waals surface area contributed by atoms with Gasteiger partial charge in [0.2, 0.25) is 0 Å². The van der Waals surface area contributed by atoms with Crippen LogP contribution in [0.15, 0.2) is 29.3 Å². The van der Waals surface area contributed by atoms with Crippen molar-refractivity contribution in [2.45, 2.75) is 40.2 Å². The van der Waals surface area contributed by atoms with E-state index < -0.39 is 0 Å². The van der Waals surface area contributed by atoms with Gasteiger partial charge in [-0.1, -0.05) is 25.5 Å². The van der Waals surface area contributed by atoms with Gasteiger partial charge in [0.1, 0.15) is 0 Å². The average molecular weight is 432 g/mol. The molecule has 1 aromatic rings. The van der Waals surface area contributed by atoms with Gasteiger partial charge in [0.25, 0.3) is 5.91 Å². The molecule has 0 unspecified atom stereocenters. The Morgan fingerprint density at radius 1 is 1.00 bits per heavy atom. The van der Waals surface area contributed by atoms with Gasteiger partial charge in [0, 0.05) is 25.2 Å². The number of hydrogen-bond donors (Lipinski definition) is 3. The Labute approximate surface area is 156 Å². The topological polar surface area (TPSA) is 65.5 Å². The van der Waals surface area contributed by atoms with E-state index >= 15 is 0 Å². The Hall–Kier alpha value is -1.31. The Bertz CT molecular complexity index is 466. The highest BCUT2D eigenvalue weighted by Crippen LogP contribution is 2.06. The minimum absolute atomic E-state index is 0. The van der Waals surface area contributed by atoms with Gasteiger partial charge in [-0.2, -0.15) is 0 Å². The van der Waals surface area contributed by atoms with E-state index in [9.17, 15) is 4.79 Å². The van der Waals surface area contributed by atoms with Crippen LogP contribution in [0.25, 0.3) is 0 Å². The predicted octanol–water partition coefficient (Wildman–Crippen LogP) is 2.91. The molecule has 0 spiro atoms. The van der Waals surface area contributed by atoms with Crippen LogP contribution in [0, 0.1) is 0 Å². The second kappa shape index (κ2) is 13.2. The summed E-state index contributed by atoms with van der Waals surface area (Å²) in [5, 5.41) is 9.29. The SMILES string of the molecule is CCCCNC(=O)c1ccc(CN=C(NCC)NCC)cc1.I. The van der Waals surface area contributed by atoms with Crippen LogP contribution in [0.1, 0.15) is 49.5 Å². The molecule has 0 atom stereocenters. The fraction of sp³-hybridized carbons (Fsp3) is 0.529. The van der Waals surface area contributed by atoms with Crippen LogP contribution in [-0.2, 0) is 6.54 Å². The average Bonchev–Trinajstić information content (AvgIpc) is 2.53. The van der Waals surface area contributed by atoms with Crippen molar-refractivity contribution in [2.75, 3.05) is 19.6 Å². The monoisotopic (exact) mass is 432 g/mol. The number of rotatable bonds is 8. The number of amides is 1. The van der Waals surface area contributed by atoms with Crippen LogP contribution in [-0.4, -0.2) is 31.5 Å². The number of benzene rings is 1. The summed E-state index contributed by atoms with van der Waals surface area (Å²) in [4.78, 5) is 16.4. The van der Waals surface area contributed by atoms with Gasteiger partial charge in [-0.25, -0.2) is 4.99 Å². The molecule has 3 N–H and O–H groups in total. The van der Waals surface area contributed by atoms with E-state index in [2.05, 4.69) is 27.9 Å². The lowest BCUT2D eigenvalue weighted by Gasteiger charge is -2.09. The molecular formula is C17H29IN4O. The summed E-state index contributed by atoms with van der Waals surface area (Å²) in [5.41, 5.74) is 1.78. The van der Waals surface area contributed by atoms with Gasteiger partial charge in [0.15, 0.2) is 5.96 Å². The van der Waals surface area contributed by atoms with Gasteiger partial charge in [-0.05, 0) is 38.0 Å². The molecule has 130 valence electrons. The smallest absolute Gasteiger partial charge is 0.251 e. The third kappa shape index (κ3) is 8.78. The molecule has 6 heteroatoms. The van der Waals surface area contributed by atoms with Gasteiger partial charge in [0.05, 0.1) is 6.54 Å². The Balaban J connectivity index is 0.00000484. The predicted molar refractivity (Wildman–Crippen MR) is 108 cm³/mol. The van der Waals surface area contributed by atoms with Crippen molar-refractivity contribution in [3.63, 3.8) is 0 Å². The molecule has 0 bridgehead atoms. The summed E-state index contributed by atoms with van der Waals surface area (Å²) in [6, 6.07) is 7.61. The second-order valence-corrected chi connectivity index (χ2v) is 5.03. The van der Waals surface area contributed by atoms with E-state index in [0.29, 0.717) is 12.1 Å². The quantitative estimate of drug-likeness (QED) is 0.256. The van der Waals surface area contributed by atoms with Crippen molar-refractivity contribution >= 4 is 35.8 Å². The molecule has 1 rings (SSSR count). The molecule has 1 aromatic carbocycles. The van der Waals surface area contributed by atoms with E-state index in [0.717, 1.165) is 44.0 Å². The number of nitrogens with one attached hydrogen (secondary N) is 3. The van der Waals surface area contributed by atoms with E-state index in [1.54, 1.807) is 0 Å². The number of aliphatic imine (C=N–C) groups is 1. The molecule has 0 aliphatic carbocycles. The number of guanidine groups is 1. The molecule has 0 aromatic heterocycles. The number of halogens is 1. The molecule has 0 heterocycles. The molecule has 23 heavy (non-hydrogen) atoms. The van der Waals surface area contributed by atoms with Crippen molar-refractivity contribution < 1.29 is 4.79 Å². The summed E-state index contributed by atoms with van der Waals surface area (Å²) >= 11 is 0. The zero-order valence-corrected chi connectivity index (χ0v) is 16.6. The summed E-state index contributed by atoms with van der Waals surface area (Å²) in [5.74, 6) is 0.802. The lowest BCUT2D eigenvalue weighted by molar-refractivity contribution is 0.0953. The van der Waals surface area contributed by atoms with E-state index in [4.69, 9.17) is 0 Å². The van der Waals surface area contributed by atoms with Gasteiger partial charge >= 0.3 is 0 Å². The zero-order chi connectivity index (χ0) is 16.2. The lowest BCUT2D eigenvalue weighted by Crippen LogP contribution is -2.36. The van der Waals surface area contributed by atoms with E-state index in [1.165, 1.54) is 0 Å². The molecule has 0 aliphatic heterocycles. The first-order valence-electron chi connectivity index (χ1n) is 8.10.